The van der Waals surface area contributed by atoms with Gasteiger partial charge in [0, 0.05) is 24.5 Å². The van der Waals surface area contributed by atoms with Gasteiger partial charge in [0.05, 0.1) is 5.52 Å². The molecule has 1 aliphatic rings. The Kier molecular flexibility index (Phi) is 7.80. The van der Waals surface area contributed by atoms with Gasteiger partial charge in [-0.15, -0.1) is 0 Å². The number of nitrogens with zero attached hydrogens (tertiary/aromatic N) is 1. The number of amides is 1. The van der Waals surface area contributed by atoms with Gasteiger partial charge in [-0.2, -0.15) is 0 Å². The smallest absolute Gasteiger partial charge is 0.270 e. The van der Waals surface area contributed by atoms with Crippen molar-refractivity contribution < 1.29 is 14.3 Å². The lowest BCUT2D eigenvalue weighted by Crippen LogP contribution is -2.39. The predicted molar refractivity (Wildman–Crippen MR) is 159 cm³/mol. The molecule has 1 N–H and O–H groups in total. The molecule has 0 spiro atoms. The summed E-state index contributed by atoms with van der Waals surface area (Å²) in [6, 6.07) is 36.6. The average molecular weight is 531 g/mol. The molecule has 1 aliphatic heterocycles. The lowest BCUT2D eigenvalue weighted by Gasteiger charge is -2.31. The minimum Gasteiger partial charge on any atom is -0.489 e. The molecule has 6 rings (SSSR count). The zero-order valence-corrected chi connectivity index (χ0v) is 22.6. The number of H-pyrrole nitrogens is 1. The summed E-state index contributed by atoms with van der Waals surface area (Å²) in [5, 5.41) is 0.899. The van der Waals surface area contributed by atoms with Gasteiger partial charge in [-0.25, -0.2) is 0 Å². The van der Waals surface area contributed by atoms with Gasteiger partial charge in [0.2, 0.25) is 0 Å². The van der Waals surface area contributed by atoms with Crippen LogP contribution in [0.4, 0.5) is 0 Å². The maximum absolute atomic E-state index is 13.5. The van der Waals surface area contributed by atoms with E-state index in [-0.39, 0.29) is 5.91 Å². The number of fused-ring (bicyclic) bond motifs is 1. The number of hydrogen-bond donors (Lipinski definition) is 1. The van der Waals surface area contributed by atoms with Crippen LogP contribution in [0.2, 0.25) is 0 Å². The van der Waals surface area contributed by atoms with Gasteiger partial charge in [0.25, 0.3) is 5.91 Å². The number of carbonyl (C=O) groups is 1. The molecular weight excluding hydrogens is 496 g/mol. The maximum Gasteiger partial charge on any atom is 0.270 e. The van der Waals surface area contributed by atoms with Gasteiger partial charge >= 0.3 is 0 Å². The fourth-order valence-electron chi connectivity index (χ4n) is 5.43. The fraction of sp³-hybridized carbons (Fsp3) is 0.229. The minimum atomic E-state index is 0.0372. The monoisotopic (exact) mass is 530 g/mol. The number of rotatable bonds is 9. The second-order valence-corrected chi connectivity index (χ2v) is 10.5. The number of piperidine rings is 1. The summed E-state index contributed by atoms with van der Waals surface area (Å²) < 4.78 is 12.4. The van der Waals surface area contributed by atoms with Gasteiger partial charge in [-0.3, -0.25) is 4.79 Å². The molecule has 1 fully saturated rings. The molecule has 0 radical (unpaired) electrons. The van der Waals surface area contributed by atoms with Gasteiger partial charge in [-0.05, 0) is 54.0 Å². The molecule has 0 unspecified atom stereocenters. The van der Waals surface area contributed by atoms with E-state index in [0.29, 0.717) is 36.3 Å². The first-order valence-corrected chi connectivity index (χ1v) is 14.0. The van der Waals surface area contributed by atoms with E-state index in [9.17, 15) is 4.79 Å². The summed E-state index contributed by atoms with van der Waals surface area (Å²) in [5.74, 6) is 2.02. The van der Waals surface area contributed by atoms with E-state index in [1.54, 1.807) is 0 Å². The topological polar surface area (TPSA) is 54.6 Å². The van der Waals surface area contributed by atoms with Crippen LogP contribution in [0.1, 0.15) is 40.0 Å². The number of carbonyl (C=O) groups excluding carboxylic acids is 1. The predicted octanol–water partition coefficient (Wildman–Crippen LogP) is 7.42. The average Bonchev–Trinajstić information content (AvgIpc) is 3.45. The number of aromatic amines is 1. The van der Waals surface area contributed by atoms with E-state index in [2.05, 4.69) is 35.3 Å². The van der Waals surface area contributed by atoms with Crippen LogP contribution in [-0.4, -0.2) is 28.9 Å². The van der Waals surface area contributed by atoms with Crippen LogP contribution in [0.15, 0.2) is 109 Å². The molecule has 5 aromatic rings. The van der Waals surface area contributed by atoms with E-state index in [1.807, 2.05) is 83.8 Å². The molecule has 0 aliphatic carbocycles. The standard InChI is InChI=1S/C35H34N2O3/c38-35(37-18-16-27(17-19-37)20-26-10-4-1-5-11-26)32-22-30-21-31(39-24-28-12-6-2-7-13-28)23-33(34(30)36-32)40-25-29-14-8-3-9-15-29/h1-15,21-23,27,36H,16-20,24-25H2. The second kappa shape index (κ2) is 12.1. The molecule has 0 bridgehead atoms. The summed E-state index contributed by atoms with van der Waals surface area (Å²) in [4.78, 5) is 18.9. The van der Waals surface area contributed by atoms with Crippen molar-refractivity contribution in [1.82, 2.24) is 9.88 Å². The highest BCUT2D eigenvalue weighted by molar-refractivity contribution is 6.00. The Morgan fingerprint density at radius 2 is 1.30 bits per heavy atom. The Hall–Kier alpha value is -4.51. The van der Waals surface area contributed by atoms with Crippen molar-refractivity contribution in [3.8, 4) is 11.5 Å². The third kappa shape index (κ3) is 6.20. The van der Waals surface area contributed by atoms with Crippen LogP contribution in [0, 0.1) is 5.92 Å². The zero-order chi connectivity index (χ0) is 27.1. The van der Waals surface area contributed by atoms with Gasteiger partial charge in [0.15, 0.2) is 0 Å². The SMILES string of the molecule is O=C(c1cc2cc(OCc3ccccc3)cc(OCc3ccccc3)c2[nH]1)N1CCC(Cc2ccccc2)CC1. The van der Waals surface area contributed by atoms with Gasteiger partial charge in [0.1, 0.15) is 30.4 Å². The third-order valence-corrected chi connectivity index (χ3v) is 7.65. The second-order valence-electron chi connectivity index (χ2n) is 10.5. The van der Waals surface area contributed by atoms with Crippen LogP contribution in [0.5, 0.6) is 11.5 Å². The Balaban J connectivity index is 1.19. The molecule has 1 aromatic heterocycles. The fourth-order valence-corrected chi connectivity index (χ4v) is 5.43. The lowest BCUT2D eigenvalue weighted by atomic mass is 9.90. The number of nitrogens with one attached hydrogen (secondary N) is 1. The highest BCUT2D eigenvalue weighted by atomic mass is 16.5. The van der Waals surface area contributed by atoms with E-state index in [1.165, 1.54) is 5.56 Å². The molecular formula is C35H34N2O3. The van der Waals surface area contributed by atoms with Crippen molar-refractivity contribution in [3.63, 3.8) is 0 Å². The number of benzene rings is 4. The summed E-state index contributed by atoms with van der Waals surface area (Å²) in [5.41, 5.74) is 4.94. The van der Waals surface area contributed by atoms with Crippen molar-refractivity contribution in [2.75, 3.05) is 13.1 Å². The summed E-state index contributed by atoms with van der Waals surface area (Å²) >= 11 is 0. The Morgan fingerprint density at radius 3 is 1.93 bits per heavy atom. The van der Waals surface area contributed by atoms with Crippen molar-refractivity contribution in [3.05, 3.63) is 132 Å². The summed E-state index contributed by atoms with van der Waals surface area (Å²) in [6.07, 6.45) is 3.11. The molecule has 2 heterocycles. The molecule has 202 valence electrons. The molecule has 1 amide bonds. The molecule has 5 nitrogen and oxygen atoms in total. The third-order valence-electron chi connectivity index (χ3n) is 7.65. The van der Waals surface area contributed by atoms with E-state index >= 15 is 0 Å². The van der Waals surface area contributed by atoms with Crippen molar-refractivity contribution in [1.29, 1.82) is 0 Å². The Labute approximate surface area is 235 Å². The zero-order valence-electron chi connectivity index (χ0n) is 22.6. The molecule has 0 saturated carbocycles. The van der Waals surface area contributed by atoms with E-state index in [4.69, 9.17) is 9.47 Å². The number of hydrogen-bond acceptors (Lipinski definition) is 3. The van der Waals surface area contributed by atoms with Crippen LogP contribution in [0.3, 0.4) is 0 Å². The van der Waals surface area contributed by atoms with Crippen molar-refractivity contribution in [2.24, 2.45) is 5.92 Å². The molecule has 0 atom stereocenters. The number of likely N-dealkylation sites (tertiary alicyclic amines) is 1. The lowest BCUT2D eigenvalue weighted by molar-refractivity contribution is 0.0685. The molecule has 4 aromatic carbocycles. The summed E-state index contributed by atoms with van der Waals surface area (Å²) in [6.45, 7) is 2.43. The largest absolute Gasteiger partial charge is 0.489 e. The van der Waals surface area contributed by atoms with Crippen LogP contribution < -0.4 is 9.47 Å². The molecule has 5 heteroatoms. The Morgan fingerprint density at radius 1 is 0.725 bits per heavy atom. The normalized spacial score (nSPS) is 13.8. The maximum atomic E-state index is 13.5. The molecule has 1 saturated heterocycles. The molecule has 40 heavy (non-hydrogen) atoms. The van der Waals surface area contributed by atoms with Crippen molar-refractivity contribution in [2.45, 2.75) is 32.5 Å². The van der Waals surface area contributed by atoms with Crippen LogP contribution in [0.25, 0.3) is 10.9 Å². The first-order chi connectivity index (χ1) is 19.7. The van der Waals surface area contributed by atoms with E-state index in [0.717, 1.165) is 54.4 Å². The first-order valence-electron chi connectivity index (χ1n) is 14.0. The van der Waals surface area contributed by atoms with Gasteiger partial charge in [-0.1, -0.05) is 91.0 Å². The van der Waals surface area contributed by atoms with Gasteiger partial charge < -0.3 is 19.4 Å². The summed E-state index contributed by atoms with van der Waals surface area (Å²) in [7, 11) is 0. The highest BCUT2D eigenvalue weighted by Crippen LogP contribution is 2.33. The minimum absolute atomic E-state index is 0.0372. The number of ether oxygens (including phenoxy) is 2. The number of aromatic nitrogens is 1. The van der Waals surface area contributed by atoms with Crippen LogP contribution >= 0.6 is 0 Å². The van der Waals surface area contributed by atoms with Crippen LogP contribution in [-0.2, 0) is 19.6 Å². The van der Waals surface area contributed by atoms with Crippen molar-refractivity contribution >= 4 is 16.8 Å². The quantitative estimate of drug-likeness (QED) is 0.216. The van der Waals surface area contributed by atoms with E-state index < -0.39 is 0 Å². The Bertz CT molecular complexity index is 1540. The highest BCUT2D eigenvalue weighted by Gasteiger charge is 2.25. The first kappa shape index (κ1) is 25.8.